The Morgan fingerprint density at radius 2 is 1.93 bits per heavy atom. The Morgan fingerprint density at radius 3 is 2.53 bits per heavy atom. The van der Waals surface area contributed by atoms with E-state index in [1.807, 2.05) is 49.7 Å². The molecule has 1 N–H and O–H groups in total. The number of nitrogens with zero attached hydrogens (tertiary/aromatic N) is 4. The monoisotopic (exact) mass is 409 g/mol. The van der Waals surface area contributed by atoms with E-state index in [1.165, 1.54) is 4.68 Å². The van der Waals surface area contributed by atoms with Gasteiger partial charge in [-0.1, -0.05) is 12.1 Å². The topological polar surface area (TPSA) is 91.0 Å². The predicted molar refractivity (Wildman–Crippen MR) is 114 cm³/mol. The van der Waals surface area contributed by atoms with Crippen LogP contribution in [0.2, 0.25) is 0 Å². The van der Waals surface area contributed by atoms with E-state index in [-0.39, 0.29) is 30.1 Å². The molecule has 0 aliphatic heterocycles. The number of rotatable bonds is 7. The van der Waals surface area contributed by atoms with Crippen molar-refractivity contribution >= 4 is 16.8 Å². The fourth-order valence-corrected chi connectivity index (χ4v) is 3.66. The summed E-state index contributed by atoms with van der Waals surface area (Å²) in [7, 11) is 1.61. The second kappa shape index (κ2) is 7.93. The molecule has 1 saturated carbocycles. The van der Waals surface area contributed by atoms with Crippen molar-refractivity contribution in [1.82, 2.24) is 24.9 Å². The van der Waals surface area contributed by atoms with E-state index < -0.39 is 0 Å². The van der Waals surface area contributed by atoms with Gasteiger partial charge in [0.25, 0.3) is 5.56 Å². The van der Waals surface area contributed by atoms with E-state index in [2.05, 4.69) is 15.5 Å². The normalized spacial score (nSPS) is 14.8. The molecule has 1 aliphatic carbocycles. The number of aromatic nitrogens is 4. The third-order valence-corrected chi connectivity index (χ3v) is 5.48. The van der Waals surface area contributed by atoms with Crippen LogP contribution < -0.4 is 15.6 Å². The highest BCUT2D eigenvalue weighted by molar-refractivity contribution is 5.82. The average molecular weight is 409 g/mol. The van der Waals surface area contributed by atoms with Crippen molar-refractivity contribution in [1.29, 1.82) is 0 Å². The predicted octanol–water partition coefficient (Wildman–Crippen LogP) is 2.94. The standard InChI is InChI=1S/C22H27N5O3/c1-13(2)27-18-11-23-26(22(29)20(18)21(25-27)16-5-6-16)12-19(28)24-14(3)15-7-9-17(30-4)10-8-15/h7-11,13-14,16H,5-6,12H2,1-4H3,(H,24,28)/t14-/m0/s1. The molecule has 2 heterocycles. The highest BCUT2D eigenvalue weighted by Gasteiger charge is 2.31. The Kier molecular flexibility index (Phi) is 5.32. The molecule has 4 rings (SSSR count). The first-order chi connectivity index (χ1) is 14.4. The van der Waals surface area contributed by atoms with E-state index in [0.717, 1.165) is 35.4 Å². The van der Waals surface area contributed by atoms with E-state index in [1.54, 1.807) is 13.3 Å². The number of hydrogen-bond acceptors (Lipinski definition) is 5. The van der Waals surface area contributed by atoms with Gasteiger partial charge in [-0.25, -0.2) is 4.68 Å². The summed E-state index contributed by atoms with van der Waals surface area (Å²) < 4.78 is 8.25. The van der Waals surface area contributed by atoms with Crippen LogP contribution in [0.4, 0.5) is 0 Å². The van der Waals surface area contributed by atoms with Gasteiger partial charge in [-0.15, -0.1) is 0 Å². The van der Waals surface area contributed by atoms with Crippen molar-refractivity contribution in [3.63, 3.8) is 0 Å². The lowest BCUT2D eigenvalue weighted by Crippen LogP contribution is -2.35. The maximum atomic E-state index is 13.1. The van der Waals surface area contributed by atoms with Gasteiger partial charge in [0.1, 0.15) is 12.3 Å². The maximum absolute atomic E-state index is 13.1. The molecule has 1 amide bonds. The smallest absolute Gasteiger partial charge is 0.278 e. The minimum absolute atomic E-state index is 0.130. The summed E-state index contributed by atoms with van der Waals surface area (Å²) in [4.78, 5) is 25.7. The summed E-state index contributed by atoms with van der Waals surface area (Å²) in [6, 6.07) is 7.44. The first-order valence-electron chi connectivity index (χ1n) is 10.3. The summed E-state index contributed by atoms with van der Waals surface area (Å²) in [5, 5.41) is 12.5. The van der Waals surface area contributed by atoms with Gasteiger partial charge in [0, 0.05) is 12.0 Å². The van der Waals surface area contributed by atoms with Crippen molar-refractivity contribution in [2.45, 2.75) is 58.2 Å². The number of benzene rings is 1. The lowest BCUT2D eigenvalue weighted by Gasteiger charge is -2.15. The quantitative estimate of drug-likeness (QED) is 0.648. The molecule has 1 aromatic carbocycles. The van der Waals surface area contributed by atoms with Crippen molar-refractivity contribution < 1.29 is 9.53 Å². The second-order valence-corrected chi connectivity index (χ2v) is 8.13. The Morgan fingerprint density at radius 1 is 1.23 bits per heavy atom. The Labute approximate surface area is 174 Å². The molecule has 30 heavy (non-hydrogen) atoms. The highest BCUT2D eigenvalue weighted by atomic mass is 16.5. The molecule has 3 aromatic rings. The maximum Gasteiger partial charge on any atom is 0.278 e. The summed E-state index contributed by atoms with van der Waals surface area (Å²) in [6.45, 7) is 5.83. The molecular formula is C22H27N5O3. The van der Waals surface area contributed by atoms with Gasteiger partial charge in [0.05, 0.1) is 35.9 Å². The number of fused-ring (bicyclic) bond motifs is 1. The number of ether oxygens (including phenoxy) is 1. The molecule has 8 nitrogen and oxygen atoms in total. The molecule has 158 valence electrons. The van der Waals surface area contributed by atoms with Crippen LogP contribution in [0, 0.1) is 0 Å². The van der Waals surface area contributed by atoms with Crippen LogP contribution in [0.25, 0.3) is 10.9 Å². The molecule has 1 fully saturated rings. The summed E-state index contributed by atoms with van der Waals surface area (Å²) in [5.74, 6) is 0.825. The van der Waals surface area contributed by atoms with Crippen molar-refractivity contribution in [2.24, 2.45) is 0 Å². The average Bonchev–Trinajstić information content (AvgIpc) is 3.49. The summed E-state index contributed by atoms with van der Waals surface area (Å²) in [5.41, 5.74) is 2.27. The molecule has 8 heteroatoms. The number of carbonyl (C=O) groups excluding carboxylic acids is 1. The molecule has 0 bridgehead atoms. The van der Waals surface area contributed by atoms with E-state index in [0.29, 0.717) is 11.3 Å². The number of amides is 1. The number of methoxy groups -OCH3 is 1. The largest absolute Gasteiger partial charge is 0.497 e. The second-order valence-electron chi connectivity index (χ2n) is 8.13. The fourth-order valence-electron chi connectivity index (χ4n) is 3.66. The minimum atomic E-state index is -0.267. The van der Waals surface area contributed by atoms with Crippen LogP contribution in [0.15, 0.2) is 35.3 Å². The van der Waals surface area contributed by atoms with Gasteiger partial charge < -0.3 is 10.1 Å². The first kappa shape index (κ1) is 20.1. The number of hydrogen-bond donors (Lipinski definition) is 1. The van der Waals surface area contributed by atoms with Crippen molar-refractivity contribution in [3.05, 3.63) is 52.1 Å². The number of carbonyl (C=O) groups is 1. The lowest BCUT2D eigenvalue weighted by atomic mass is 10.1. The first-order valence-corrected chi connectivity index (χ1v) is 10.3. The van der Waals surface area contributed by atoms with Gasteiger partial charge in [-0.3, -0.25) is 14.3 Å². The molecule has 0 unspecified atom stereocenters. The zero-order chi connectivity index (χ0) is 21.4. The Bertz CT molecular complexity index is 1130. The minimum Gasteiger partial charge on any atom is -0.497 e. The van der Waals surface area contributed by atoms with E-state index in [9.17, 15) is 9.59 Å². The van der Waals surface area contributed by atoms with Crippen LogP contribution >= 0.6 is 0 Å². The van der Waals surface area contributed by atoms with E-state index in [4.69, 9.17) is 4.74 Å². The molecule has 1 atom stereocenters. The van der Waals surface area contributed by atoms with E-state index >= 15 is 0 Å². The van der Waals surface area contributed by atoms with Gasteiger partial charge >= 0.3 is 0 Å². The van der Waals surface area contributed by atoms with Crippen LogP contribution in [0.1, 0.15) is 62.9 Å². The fraction of sp³-hybridized carbons (Fsp3) is 0.455. The third-order valence-electron chi connectivity index (χ3n) is 5.48. The van der Waals surface area contributed by atoms with Gasteiger partial charge in [-0.05, 0) is 51.3 Å². The van der Waals surface area contributed by atoms with Gasteiger partial charge in [0.2, 0.25) is 5.91 Å². The lowest BCUT2D eigenvalue weighted by molar-refractivity contribution is -0.122. The van der Waals surface area contributed by atoms with Crippen LogP contribution in [-0.2, 0) is 11.3 Å². The summed E-state index contributed by atoms with van der Waals surface area (Å²) in [6.07, 6.45) is 3.74. The molecule has 0 radical (unpaired) electrons. The summed E-state index contributed by atoms with van der Waals surface area (Å²) >= 11 is 0. The third kappa shape index (κ3) is 3.81. The van der Waals surface area contributed by atoms with Crippen LogP contribution in [-0.4, -0.2) is 32.6 Å². The Balaban J connectivity index is 1.56. The highest BCUT2D eigenvalue weighted by Crippen LogP contribution is 2.41. The van der Waals surface area contributed by atoms with Gasteiger partial charge in [0.15, 0.2) is 0 Å². The van der Waals surface area contributed by atoms with Gasteiger partial charge in [-0.2, -0.15) is 10.2 Å². The van der Waals surface area contributed by atoms with Crippen molar-refractivity contribution in [2.75, 3.05) is 7.11 Å². The van der Waals surface area contributed by atoms with Crippen molar-refractivity contribution in [3.8, 4) is 5.75 Å². The SMILES string of the molecule is COc1ccc([C@H](C)NC(=O)Cn2ncc3c(c(C4CC4)nn3C(C)C)c2=O)cc1. The molecule has 2 aromatic heterocycles. The molecule has 1 aliphatic rings. The molecular weight excluding hydrogens is 382 g/mol. The van der Waals surface area contributed by atoms with Crippen LogP contribution in [0.5, 0.6) is 5.75 Å². The Hall–Kier alpha value is -3.16. The molecule has 0 spiro atoms. The number of nitrogens with one attached hydrogen (secondary N) is 1. The van der Waals surface area contributed by atoms with Crippen LogP contribution in [0.3, 0.4) is 0 Å². The zero-order valence-corrected chi connectivity index (χ0v) is 17.8. The zero-order valence-electron chi connectivity index (χ0n) is 17.8. The molecule has 0 saturated heterocycles.